The Balaban J connectivity index is 0.00000128. The lowest BCUT2D eigenvalue weighted by Gasteiger charge is -2.00. The van der Waals surface area contributed by atoms with Crippen LogP contribution in [0.5, 0.6) is 0 Å². The number of halogens is 2. The number of hydrogen-bond donors (Lipinski definition) is 1. The minimum absolute atomic E-state index is 0. The van der Waals surface area contributed by atoms with Crippen LogP contribution in [0.1, 0.15) is 16.3 Å². The number of rotatable bonds is 3. The first-order chi connectivity index (χ1) is 7.36. The molecule has 0 aliphatic rings. The molecule has 2 aromatic rings. The Morgan fingerprint density at radius 1 is 1.24 bits per heavy atom. The molecule has 0 aromatic carbocycles. The molecule has 0 aliphatic carbocycles. The zero-order valence-electron chi connectivity index (χ0n) is 8.57. The fourth-order valence-electron chi connectivity index (χ4n) is 0.996. The van der Waals surface area contributed by atoms with Gasteiger partial charge in [-0.15, -0.1) is 24.8 Å². The second-order valence-corrected chi connectivity index (χ2v) is 2.72. The minimum atomic E-state index is -0.309. The molecule has 17 heavy (non-hydrogen) atoms. The minimum Gasteiger partial charge on any atom is -0.451 e. The first-order valence-electron chi connectivity index (χ1n) is 4.28. The maximum Gasteiger partial charge on any atom is 0.273 e. The lowest BCUT2D eigenvalue weighted by atomic mass is 10.4. The Labute approximate surface area is 110 Å². The zero-order valence-corrected chi connectivity index (χ0v) is 10.2. The van der Waals surface area contributed by atoms with Crippen LogP contribution in [0.3, 0.4) is 0 Å². The SMILES string of the molecule is Cl.Cl.O=C(NCc1ncccn1)c1cocn1. The Morgan fingerprint density at radius 3 is 2.53 bits per heavy atom. The first-order valence-corrected chi connectivity index (χ1v) is 4.28. The van der Waals surface area contributed by atoms with E-state index in [2.05, 4.69) is 24.7 Å². The van der Waals surface area contributed by atoms with Gasteiger partial charge in [0.25, 0.3) is 5.91 Å². The van der Waals surface area contributed by atoms with Crippen LogP contribution in [0.2, 0.25) is 0 Å². The molecular formula is C9H10Cl2N4O2. The summed E-state index contributed by atoms with van der Waals surface area (Å²) in [6.07, 6.45) is 5.71. The van der Waals surface area contributed by atoms with Crippen molar-refractivity contribution in [2.75, 3.05) is 0 Å². The van der Waals surface area contributed by atoms with E-state index in [1.807, 2.05) is 0 Å². The fourth-order valence-corrected chi connectivity index (χ4v) is 0.996. The van der Waals surface area contributed by atoms with E-state index in [0.717, 1.165) is 0 Å². The number of carbonyl (C=O) groups is 1. The number of hydrogen-bond acceptors (Lipinski definition) is 5. The van der Waals surface area contributed by atoms with Gasteiger partial charge in [0.15, 0.2) is 12.1 Å². The van der Waals surface area contributed by atoms with E-state index in [1.165, 1.54) is 12.7 Å². The molecule has 0 spiro atoms. The average molecular weight is 277 g/mol. The first kappa shape index (κ1) is 15.3. The lowest BCUT2D eigenvalue weighted by molar-refractivity contribution is 0.0945. The molecule has 0 unspecified atom stereocenters. The van der Waals surface area contributed by atoms with Crippen LogP contribution in [-0.2, 0) is 6.54 Å². The van der Waals surface area contributed by atoms with Gasteiger partial charge in [-0.25, -0.2) is 15.0 Å². The molecule has 2 aromatic heterocycles. The van der Waals surface area contributed by atoms with Crippen LogP contribution in [0.15, 0.2) is 35.5 Å². The van der Waals surface area contributed by atoms with Gasteiger partial charge in [-0.1, -0.05) is 0 Å². The van der Waals surface area contributed by atoms with Gasteiger partial charge in [0.2, 0.25) is 0 Å². The van der Waals surface area contributed by atoms with E-state index in [4.69, 9.17) is 0 Å². The predicted molar refractivity (Wildman–Crippen MR) is 64.2 cm³/mol. The van der Waals surface area contributed by atoms with Crippen molar-refractivity contribution in [2.45, 2.75) is 6.54 Å². The fraction of sp³-hybridized carbons (Fsp3) is 0.111. The van der Waals surface area contributed by atoms with Crippen molar-refractivity contribution >= 4 is 30.7 Å². The molecule has 0 fully saturated rings. The second kappa shape index (κ2) is 7.59. The predicted octanol–water partition coefficient (Wildman–Crippen LogP) is 1.24. The summed E-state index contributed by atoms with van der Waals surface area (Å²) < 4.78 is 4.68. The molecule has 0 radical (unpaired) electrons. The van der Waals surface area contributed by atoms with Gasteiger partial charge in [0.05, 0.1) is 6.54 Å². The summed E-state index contributed by atoms with van der Waals surface area (Å²) in [7, 11) is 0. The molecule has 0 saturated heterocycles. The molecule has 2 rings (SSSR count). The maximum atomic E-state index is 11.4. The van der Waals surface area contributed by atoms with Gasteiger partial charge < -0.3 is 9.73 Å². The third-order valence-electron chi connectivity index (χ3n) is 1.69. The van der Waals surface area contributed by atoms with E-state index in [0.29, 0.717) is 5.82 Å². The molecule has 0 atom stereocenters. The average Bonchev–Trinajstić information content (AvgIpc) is 2.81. The molecule has 1 amide bonds. The highest BCUT2D eigenvalue weighted by atomic mass is 35.5. The molecule has 92 valence electrons. The van der Waals surface area contributed by atoms with Gasteiger partial charge in [-0.3, -0.25) is 4.79 Å². The summed E-state index contributed by atoms with van der Waals surface area (Å²) in [5.41, 5.74) is 0.242. The maximum absolute atomic E-state index is 11.4. The van der Waals surface area contributed by atoms with Gasteiger partial charge in [-0.2, -0.15) is 0 Å². The second-order valence-electron chi connectivity index (χ2n) is 2.72. The van der Waals surface area contributed by atoms with E-state index in [-0.39, 0.29) is 43.0 Å². The third kappa shape index (κ3) is 4.38. The number of amides is 1. The Kier molecular flexibility index (Phi) is 6.85. The van der Waals surface area contributed by atoms with Crippen molar-refractivity contribution < 1.29 is 9.21 Å². The van der Waals surface area contributed by atoms with E-state index < -0.39 is 0 Å². The Morgan fingerprint density at radius 2 is 1.94 bits per heavy atom. The number of aromatic nitrogens is 3. The van der Waals surface area contributed by atoms with Crippen LogP contribution in [0.4, 0.5) is 0 Å². The topological polar surface area (TPSA) is 80.9 Å². The Bertz CT molecular complexity index is 436. The van der Waals surface area contributed by atoms with Gasteiger partial charge in [0.1, 0.15) is 12.1 Å². The highest BCUT2D eigenvalue weighted by Crippen LogP contribution is 1.94. The monoisotopic (exact) mass is 276 g/mol. The summed E-state index contributed by atoms with van der Waals surface area (Å²) in [4.78, 5) is 23.0. The van der Waals surface area contributed by atoms with Crippen molar-refractivity contribution in [2.24, 2.45) is 0 Å². The van der Waals surface area contributed by atoms with Crippen molar-refractivity contribution in [3.8, 4) is 0 Å². The summed E-state index contributed by atoms with van der Waals surface area (Å²) >= 11 is 0. The molecule has 0 bridgehead atoms. The summed E-state index contributed by atoms with van der Waals surface area (Å²) in [5, 5.41) is 2.61. The molecule has 0 saturated carbocycles. The van der Waals surface area contributed by atoms with E-state index in [9.17, 15) is 4.79 Å². The standard InChI is InChI=1S/C9H8N4O2.2ClH/c14-9(7-5-15-6-13-7)12-4-8-10-2-1-3-11-8;;/h1-3,5-6H,4H2,(H,12,14);2*1H. The number of oxazole rings is 1. The van der Waals surface area contributed by atoms with Crippen molar-refractivity contribution in [3.05, 3.63) is 42.6 Å². The highest BCUT2D eigenvalue weighted by Gasteiger charge is 2.07. The van der Waals surface area contributed by atoms with Crippen LogP contribution < -0.4 is 5.32 Å². The van der Waals surface area contributed by atoms with Gasteiger partial charge in [0, 0.05) is 12.4 Å². The number of nitrogens with zero attached hydrogens (tertiary/aromatic N) is 3. The smallest absolute Gasteiger partial charge is 0.273 e. The Hall–Kier alpha value is -1.66. The van der Waals surface area contributed by atoms with Crippen LogP contribution in [-0.4, -0.2) is 20.9 Å². The summed E-state index contributed by atoms with van der Waals surface area (Å²) in [6.45, 7) is 0.270. The number of carbonyl (C=O) groups excluding carboxylic acids is 1. The van der Waals surface area contributed by atoms with Crippen LogP contribution in [0.25, 0.3) is 0 Å². The van der Waals surface area contributed by atoms with Gasteiger partial charge >= 0.3 is 0 Å². The summed E-state index contributed by atoms with van der Waals surface area (Å²) in [6, 6.07) is 1.71. The molecular weight excluding hydrogens is 267 g/mol. The zero-order chi connectivity index (χ0) is 10.5. The normalized spacial score (nSPS) is 8.71. The van der Waals surface area contributed by atoms with Crippen LogP contribution >= 0.6 is 24.8 Å². The van der Waals surface area contributed by atoms with Crippen LogP contribution in [0, 0.1) is 0 Å². The lowest BCUT2D eigenvalue weighted by Crippen LogP contribution is -2.24. The summed E-state index contributed by atoms with van der Waals surface area (Å²) in [5.74, 6) is 0.241. The van der Waals surface area contributed by atoms with Gasteiger partial charge in [-0.05, 0) is 6.07 Å². The van der Waals surface area contributed by atoms with Crippen molar-refractivity contribution in [3.63, 3.8) is 0 Å². The van der Waals surface area contributed by atoms with E-state index >= 15 is 0 Å². The highest BCUT2D eigenvalue weighted by molar-refractivity contribution is 5.91. The van der Waals surface area contributed by atoms with Crippen molar-refractivity contribution in [1.29, 1.82) is 0 Å². The molecule has 8 heteroatoms. The van der Waals surface area contributed by atoms with Crippen molar-refractivity contribution in [1.82, 2.24) is 20.3 Å². The molecule has 0 aliphatic heterocycles. The van der Waals surface area contributed by atoms with E-state index in [1.54, 1.807) is 18.5 Å². The largest absolute Gasteiger partial charge is 0.451 e. The third-order valence-corrected chi connectivity index (χ3v) is 1.69. The molecule has 1 N–H and O–H groups in total. The number of nitrogens with one attached hydrogen (secondary N) is 1. The molecule has 2 heterocycles. The molecule has 6 nitrogen and oxygen atoms in total. The quantitative estimate of drug-likeness (QED) is 0.912.